The second-order valence-electron chi connectivity index (χ2n) is 5.27. The molecule has 116 valence electrons. The van der Waals surface area contributed by atoms with Crippen molar-refractivity contribution in [3.63, 3.8) is 0 Å². The van der Waals surface area contributed by atoms with Crippen LogP contribution in [0.3, 0.4) is 0 Å². The van der Waals surface area contributed by atoms with Crippen molar-refractivity contribution in [2.45, 2.75) is 26.4 Å². The summed E-state index contributed by atoms with van der Waals surface area (Å²) < 4.78 is 5.13. The molecule has 0 aliphatic heterocycles. The van der Waals surface area contributed by atoms with Crippen LogP contribution in [0.15, 0.2) is 36.5 Å². The number of anilines is 1. The topological polar surface area (TPSA) is 71.5 Å². The highest BCUT2D eigenvalue weighted by molar-refractivity contribution is 6.04. The van der Waals surface area contributed by atoms with Gasteiger partial charge in [-0.05, 0) is 36.2 Å². The molecule has 0 saturated carbocycles. The number of rotatable bonds is 5. The maximum Gasteiger partial charge on any atom is 0.257 e. The number of hydrogen-bond acceptors (Lipinski definition) is 4. The summed E-state index contributed by atoms with van der Waals surface area (Å²) >= 11 is 0. The van der Waals surface area contributed by atoms with Gasteiger partial charge in [0.25, 0.3) is 5.91 Å². The zero-order valence-corrected chi connectivity index (χ0v) is 13.0. The molecule has 2 rings (SSSR count). The highest BCUT2D eigenvalue weighted by atomic mass is 16.5. The lowest BCUT2D eigenvalue weighted by molar-refractivity contribution is 0.102. The normalized spacial score (nSPS) is 10.6. The molecule has 1 heterocycles. The van der Waals surface area contributed by atoms with Gasteiger partial charge in [0.15, 0.2) is 0 Å². The molecule has 0 bridgehead atoms. The molecule has 1 aromatic heterocycles. The van der Waals surface area contributed by atoms with Gasteiger partial charge in [-0.3, -0.25) is 9.78 Å². The first-order chi connectivity index (χ1) is 10.5. The number of aliphatic hydroxyl groups excluding tert-OH is 1. The lowest BCUT2D eigenvalue weighted by atomic mass is 10.1. The maximum atomic E-state index is 12.2. The monoisotopic (exact) mass is 300 g/mol. The van der Waals surface area contributed by atoms with Crippen LogP contribution in [0, 0.1) is 0 Å². The Morgan fingerprint density at radius 3 is 2.64 bits per heavy atom. The van der Waals surface area contributed by atoms with E-state index in [1.165, 1.54) is 7.11 Å². The number of carbonyl (C=O) groups is 1. The number of benzene rings is 1. The largest absolute Gasteiger partial charge is 0.496 e. The average Bonchev–Trinajstić information content (AvgIpc) is 2.54. The van der Waals surface area contributed by atoms with Crippen LogP contribution in [-0.2, 0) is 6.61 Å². The molecule has 0 atom stereocenters. The van der Waals surface area contributed by atoms with Crippen LogP contribution in [0.2, 0.25) is 0 Å². The van der Waals surface area contributed by atoms with Crippen molar-refractivity contribution in [2.75, 3.05) is 12.4 Å². The smallest absolute Gasteiger partial charge is 0.257 e. The van der Waals surface area contributed by atoms with Crippen LogP contribution in [-0.4, -0.2) is 23.1 Å². The Kier molecular flexibility index (Phi) is 5.12. The molecule has 0 radical (unpaired) electrons. The van der Waals surface area contributed by atoms with Gasteiger partial charge in [-0.2, -0.15) is 0 Å². The van der Waals surface area contributed by atoms with Gasteiger partial charge >= 0.3 is 0 Å². The van der Waals surface area contributed by atoms with E-state index in [-0.39, 0.29) is 12.5 Å². The summed E-state index contributed by atoms with van der Waals surface area (Å²) in [6.07, 6.45) is 1.57. The summed E-state index contributed by atoms with van der Waals surface area (Å²) in [5, 5.41) is 12.1. The zero-order valence-electron chi connectivity index (χ0n) is 13.0. The van der Waals surface area contributed by atoms with E-state index in [4.69, 9.17) is 4.74 Å². The summed E-state index contributed by atoms with van der Waals surface area (Å²) in [5.41, 5.74) is 2.66. The molecule has 0 fully saturated rings. The molecule has 2 N–H and O–H groups in total. The summed E-state index contributed by atoms with van der Waals surface area (Å²) in [4.78, 5) is 16.5. The lowest BCUT2D eigenvalue weighted by Gasteiger charge is -2.10. The number of aliphatic hydroxyl groups is 1. The van der Waals surface area contributed by atoms with Gasteiger partial charge in [-0.1, -0.05) is 13.8 Å². The minimum atomic E-state index is -0.239. The van der Waals surface area contributed by atoms with E-state index in [0.717, 1.165) is 5.69 Å². The van der Waals surface area contributed by atoms with Crippen molar-refractivity contribution in [3.8, 4) is 5.75 Å². The van der Waals surface area contributed by atoms with Crippen molar-refractivity contribution >= 4 is 11.6 Å². The highest BCUT2D eigenvalue weighted by Crippen LogP contribution is 2.23. The second kappa shape index (κ2) is 7.04. The van der Waals surface area contributed by atoms with E-state index in [2.05, 4.69) is 24.1 Å². The van der Waals surface area contributed by atoms with Gasteiger partial charge in [-0.15, -0.1) is 0 Å². The fourth-order valence-electron chi connectivity index (χ4n) is 2.06. The second-order valence-corrected chi connectivity index (χ2v) is 5.27. The Hall–Kier alpha value is -2.40. The standard InChI is InChI=1S/C17H20N2O3/c1-11(2)15-6-4-12(9-18-15)17(21)19-14-5-7-16(22-3)13(8-14)10-20/h4-9,11,20H,10H2,1-3H3,(H,19,21). The number of methoxy groups -OCH3 is 1. The minimum Gasteiger partial charge on any atom is -0.496 e. The maximum absolute atomic E-state index is 12.2. The predicted molar refractivity (Wildman–Crippen MR) is 85.2 cm³/mol. The summed E-state index contributed by atoms with van der Waals surface area (Å²) in [7, 11) is 1.54. The first-order valence-corrected chi connectivity index (χ1v) is 7.10. The van der Waals surface area contributed by atoms with Crippen LogP contribution >= 0.6 is 0 Å². The average molecular weight is 300 g/mol. The molecule has 1 amide bonds. The van der Waals surface area contributed by atoms with Gasteiger partial charge in [0.2, 0.25) is 0 Å². The van der Waals surface area contributed by atoms with Gasteiger partial charge in [0.1, 0.15) is 5.75 Å². The molecule has 5 heteroatoms. The van der Waals surface area contributed by atoms with Gasteiger partial charge in [0.05, 0.1) is 19.3 Å². The van der Waals surface area contributed by atoms with E-state index < -0.39 is 0 Å². The quantitative estimate of drug-likeness (QED) is 0.890. The molecule has 0 aliphatic carbocycles. The molecule has 0 spiro atoms. The fourth-order valence-corrected chi connectivity index (χ4v) is 2.06. The molecule has 1 aromatic carbocycles. The van der Waals surface area contributed by atoms with E-state index in [1.54, 1.807) is 30.5 Å². The highest BCUT2D eigenvalue weighted by Gasteiger charge is 2.10. The van der Waals surface area contributed by atoms with Gasteiger partial charge < -0.3 is 15.2 Å². The van der Waals surface area contributed by atoms with Crippen LogP contribution in [0.4, 0.5) is 5.69 Å². The summed E-state index contributed by atoms with van der Waals surface area (Å²) in [6, 6.07) is 8.74. The SMILES string of the molecule is COc1ccc(NC(=O)c2ccc(C(C)C)nc2)cc1CO. The van der Waals surface area contributed by atoms with E-state index in [1.807, 2.05) is 6.07 Å². The number of amides is 1. The number of ether oxygens (including phenoxy) is 1. The van der Waals surface area contributed by atoms with Crippen molar-refractivity contribution in [3.05, 3.63) is 53.3 Å². The van der Waals surface area contributed by atoms with Gasteiger partial charge in [-0.25, -0.2) is 0 Å². The third kappa shape index (κ3) is 3.62. The molecule has 2 aromatic rings. The predicted octanol–water partition coefficient (Wildman–Crippen LogP) is 2.96. The first kappa shape index (κ1) is 16.0. The molecular formula is C17H20N2O3. The van der Waals surface area contributed by atoms with Crippen LogP contribution in [0.5, 0.6) is 5.75 Å². The number of pyridine rings is 1. The van der Waals surface area contributed by atoms with Crippen LogP contribution < -0.4 is 10.1 Å². The third-order valence-corrected chi connectivity index (χ3v) is 3.35. The first-order valence-electron chi connectivity index (χ1n) is 7.10. The summed E-state index contributed by atoms with van der Waals surface area (Å²) in [5.74, 6) is 0.672. The Labute approximate surface area is 130 Å². The molecule has 0 aliphatic rings. The van der Waals surface area contributed by atoms with Gasteiger partial charge in [0, 0.05) is 23.1 Å². The Bertz CT molecular complexity index is 651. The fraction of sp³-hybridized carbons (Fsp3) is 0.294. The van der Waals surface area contributed by atoms with Crippen LogP contribution in [0.1, 0.15) is 41.4 Å². The minimum absolute atomic E-state index is 0.155. The Balaban J connectivity index is 2.14. The van der Waals surface area contributed by atoms with E-state index >= 15 is 0 Å². The van der Waals surface area contributed by atoms with E-state index in [9.17, 15) is 9.90 Å². The third-order valence-electron chi connectivity index (χ3n) is 3.35. The van der Waals surface area contributed by atoms with Crippen molar-refractivity contribution in [2.24, 2.45) is 0 Å². The Morgan fingerprint density at radius 1 is 1.32 bits per heavy atom. The zero-order chi connectivity index (χ0) is 16.1. The van der Waals surface area contributed by atoms with Crippen molar-refractivity contribution < 1.29 is 14.6 Å². The number of nitrogens with zero attached hydrogens (tertiary/aromatic N) is 1. The molecular weight excluding hydrogens is 280 g/mol. The number of carbonyl (C=O) groups excluding carboxylic acids is 1. The number of aromatic nitrogens is 1. The molecule has 22 heavy (non-hydrogen) atoms. The number of nitrogens with one attached hydrogen (secondary N) is 1. The lowest BCUT2D eigenvalue weighted by Crippen LogP contribution is -2.13. The summed E-state index contributed by atoms with van der Waals surface area (Å²) in [6.45, 7) is 3.95. The van der Waals surface area contributed by atoms with Crippen molar-refractivity contribution in [1.29, 1.82) is 0 Å². The molecule has 5 nitrogen and oxygen atoms in total. The van der Waals surface area contributed by atoms with Crippen molar-refractivity contribution in [1.82, 2.24) is 4.98 Å². The van der Waals surface area contributed by atoms with E-state index in [0.29, 0.717) is 28.5 Å². The number of hydrogen-bond donors (Lipinski definition) is 2. The molecule has 0 saturated heterocycles. The molecule has 0 unspecified atom stereocenters. The van der Waals surface area contributed by atoms with Crippen LogP contribution in [0.25, 0.3) is 0 Å². The Morgan fingerprint density at radius 2 is 2.09 bits per heavy atom.